The quantitative estimate of drug-likeness (QED) is 0.866. The van der Waals surface area contributed by atoms with Crippen molar-refractivity contribution >= 4 is 5.69 Å². The van der Waals surface area contributed by atoms with Crippen molar-refractivity contribution in [2.24, 2.45) is 0 Å². The number of hydrogen-bond acceptors (Lipinski definition) is 3. The molecule has 1 aromatic carbocycles. The normalized spacial score (nSPS) is 10.3. The number of nitrogens with zero attached hydrogens (tertiary/aromatic N) is 1. The Morgan fingerprint density at radius 3 is 2.65 bits per heavy atom. The van der Waals surface area contributed by atoms with E-state index in [9.17, 15) is 4.39 Å². The molecule has 0 unspecified atom stereocenters. The highest BCUT2D eigenvalue weighted by atomic mass is 19.1. The van der Waals surface area contributed by atoms with Gasteiger partial charge in [0.15, 0.2) is 11.6 Å². The topological polar surface area (TPSA) is 48.1 Å². The third-order valence-corrected chi connectivity index (χ3v) is 2.52. The molecule has 0 atom stereocenters. The molecule has 2 rings (SSSR count). The fraction of sp³-hybridized carbons (Fsp3) is 0.154. The van der Waals surface area contributed by atoms with Gasteiger partial charge in [-0.25, -0.2) is 4.39 Å². The smallest absolute Gasteiger partial charge is 0.165 e. The summed E-state index contributed by atoms with van der Waals surface area (Å²) >= 11 is 0. The van der Waals surface area contributed by atoms with Gasteiger partial charge in [-0.2, -0.15) is 0 Å². The van der Waals surface area contributed by atoms with E-state index in [1.807, 2.05) is 13.0 Å². The van der Waals surface area contributed by atoms with E-state index in [-0.39, 0.29) is 5.75 Å². The number of halogens is 1. The van der Waals surface area contributed by atoms with Crippen LogP contribution < -0.4 is 10.5 Å². The van der Waals surface area contributed by atoms with Crippen LogP contribution in [0.15, 0.2) is 30.5 Å². The molecule has 0 spiro atoms. The molecule has 0 bridgehead atoms. The second kappa shape index (κ2) is 4.41. The first kappa shape index (κ1) is 11.4. The summed E-state index contributed by atoms with van der Waals surface area (Å²) in [5.41, 5.74) is 8.57. The highest BCUT2D eigenvalue weighted by molar-refractivity contribution is 5.65. The van der Waals surface area contributed by atoms with Crippen LogP contribution in [0.4, 0.5) is 10.1 Å². The van der Waals surface area contributed by atoms with Gasteiger partial charge in [0.2, 0.25) is 0 Å². The van der Waals surface area contributed by atoms with Gasteiger partial charge in [0.05, 0.1) is 24.7 Å². The number of aromatic nitrogens is 1. The number of benzene rings is 1. The van der Waals surface area contributed by atoms with E-state index < -0.39 is 5.82 Å². The fourth-order valence-electron chi connectivity index (χ4n) is 1.71. The minimum atomic E-state index is -0.400. The van der Waals surface area contributed by atoms with Crippen molar-refractivity contribution < 1.29 is 9.13 Å². The summed E-state index contributed by atoms with van der Waals surface area (Å²) in [6, 6.07) is 6.57. The zero-order chi connectivity index (χ0) is 12.4. The van der Waals surface area contributed by atoms with Crippen molar-refractivity contribution in [1.29, 1.82) is 0 Å². The molecule has 17 heavy (non-hydrogen) atoms. The average Bonchev–Trinajstić information content (AvgIpc) is 2.29. The molecule has 88 valence electrons. The number of pyridine rings is 1. The summed E-state index contributed by atoms with van der Waals surface area (Å²) in [6.45, 7) is 1.89. The highest BCUT2D eigenvalue weighted by Crippen LogP contribution is 2.26. The Bertz CT molecular complexity index is 555. The number of nitrogens with two attached hydrogens (primary N) is 1. The number of aryl methyl sites for hydroxylation is 1. The molecule has 0 aliphatic rings. The molecule has 0 fully saturated rings. The lowest BCUT2D eigenvalue weighted by molar-refractivity contribution is 0.386. The van der Waals surface area contributed by atoms with E-state index in [2.05, 4.69) is 4.98 Å². The van der Waals surface area contributed by atoms with Gasteiger partial charge < -0.3 is 10.5 Å². The zero-order valence-electron chi connectivity index (χ0n) is 9.70. The van der Waals surface area contributed by atoms with Crippen LogP contribution in [0.3, 0.4) is 0 Å². The van der Waals surface area contributed by atoms with E-state index in [0.29, 0.717) is 11.3 Å². The predicted molar refractivity (Wildman–Crippen MR) is 65.3 cm³/mol. The van der Waals surface area contributed by atoms with Gasteiger partial charge in [-0.3, -0.25) is 4.98 Å². The molecule has 4 heteroatoms. The van der Waals surface area contributed by atoms with Gasteiger partial charge in [-0.1, -0.05) is 0 Å². The van der Waals surface area contributed by atoms with Gasteiger partial charge in [-0.15, -0.1) is 0 Å². The molecular weight excluding hydrogens is 219 g/mol. The maximum atomic E-state index is 13.6. The van der Waals surface area contributed by atoms with Crippen molar-refractivity contribution in [3.8, 4) is 17.0 Å². The number of ether oxygens (including phenoxy) is 1. The number of anilines is 1. The number of nitrogen functional groups attached to an aromatic ring is 1. The van der Waals surface area contributed by atoms with Crippen molar-refractivity contribution in [2.45, 2.75) is 6.92 Å². The number of rotatable bonds is 2. The molecule has 0 saturated carbocycles. The number of hydrogen-bond donors (Lipinski definition) is 1. The summed E-state index contributed by atoms with van der Waals surface area (Å²) in [7, 11) is 1.44. The maximum absolute atomic E-state index is 13.6. The lowest BCUT2D eigenvalue weighted by Crippen LogP contribution is -1.94. The Balaban J connectivity index is 2.50. The van der Waals surface area contributed by atoms with Gasteiger partial charge in [-0.05, 0) is 36.8 Å². The summed E-state index contributed by atoms with van der Waals surface area (Å²) in [6.07, 6.45) is 1.56. The Hall–Kier alpha value is -2.10. The molecule has 1 aromatic heterocycles. The Labute approximate surface area is 99.1 Å². The molecule has 3 nitrogen and oxygen atoms in total. The first-order valence-electron chi connectivity index (χ1n) is 5.18. The third kappa shape index (κ3) is 2.20. The van der Waals surface area contributed by atoms with E-state index in [1.165, 1.54) is 13.2 Å². The average molecular weight is 232 g/mol. The van der Waals surface area contributed by atoms with E-state index in [4.69, 9.17) is 10.5 Å². The monoisotopic (exact) mass is 232 g/mol. The summed E-state index contributed by atoms with van der Waals surface area (Å²) < 4.78 is 18.4. The summed E-state index contributed by atoms with van der Waals surface area (Å²) in [5, 5.41) is 0. The van der Waals surface area contributed by atoms with Gasteiger partial charge in [0, 0.05) is 5.56 Å². The largest absolute Gasteiger partial charge is 0.494 e. The van der Waals surface area contributed by atoms with Crippen LogP contribution in [-0.2, 0) is 0 Å². The zero-order valence-corrected chi connectivity index (χ0v) is 9.70. The SMILES string of the molecule is COc1ccc(-c2ncc(N)cc2C)cc1F. The Morgan fingerprint density at radius 2 is 2.06 bits per heavy atom. The van der Waals surface area contributed by atoms with Crippen molar-refractivity contribution in [3.05, 3.63) is 41.8 Å². The summed E-state index contributed by atoms with van der Waals surface area (Å²) in [5.74, 6) is -0.176. The van der Waals surface area contributed by atoms with Crippen LogP contribution in [0.25, 0.3) is 11.3 Å². The minimum absolute atomic E-state index is 0.224. The van der Waals surface area contributed by atoms with Crippen LogP contribution in [0, 0.1) is 12.7 Å². The van der Waals surface area contributed by atoms with Gasteiger partial charge >= 0.3 is 0 Å². The van der Waals surface area contributed by atoms with E-state index >= 15 is 0 Å². The molecule has 2 N–H and O–H groups in total. The van der Waals surface area contributed by atoms with Crippen LogP contribution in [0.1, 0.15) is 5.56 Å². The van der Waals surface area contributed by atoms with Gasteiger partial charge in [0.1, 0.15) is 0 Å². The molecule has 2 aromatic rings. The van der Waals surface area contributed by atoms with Crippen molar-refractivity contribution in [3.63, 3.8) is 0 Å². The van der Waals surface area contributed by atoms with E-state index in [1.54, 1.807) is 18.3 Å². The second-order valence-electron chi connectivity index (χ2n) is 3.78. The Morgan fingerprint density at radius 1 is 1.29 bits per heavy atom. The Kier molecular flexibility index (Phi) is 2.95. The van der Waals surface area contributed by atoms with Crippen molar-refractivity contribution in [2.75, 3.05) is 12.8 Å². The van der Waals surface area contributed by atoms with Crippen LogP contribution >= 0.6 is 0 Å². The van der Waals surface area contributed by atoms with Crippen LogP contribution in [0.2, 0.25) is 0 Å². The first-order valence-corrected chi connectivity index (χ1v) is 5.18. The van der Waals surface area contributed by atoms with Crippen molar-refractivity contribution in [1.82, 2.24) is 4.98 Å². The van der Waals surface area contributed by atoms with Gasteiger partial charge in [0.25, 0.3) is 0 Å². The summed E-state index contributed by atoms with van der Waals surface area (Å²) in [4.78, 5) is 4.21. The minimum Gasteiger partial charge on any atom is -0.494 e. The maximum Gasteiger partial charge on any atom is 0.165 e. The van der Waals surface area contributed by atoms with E-state index in [0.717, 1.165) is 11.3 Å². The standard InChI is InChI=1S/C13H13FN2O/c1-8-5-10(15)7-16-13(8)9-3-4-12(17-2)11(14)6-9/h3-7H,15H2,1-2H3. The first-order chi connectivity index (χ1) is 8.11. The lowest BCUT2D eigenvalue weighted by Gasteiger charge is -2.07. The molecule has 0 aliphatic heterocycles. The molecule has 1 heterocycles. The molecular formula is C13H13FN2O. The van der Waals surface area contributed by atoms with Crippen LogP contribution in [-0.4, -0.2) is 12.1 Å². The fourth-order valence-corrected chi connectivity index (χ4v) is 1.71. The molecule has 0 radical (unpaired) electrons. The molecule has 0 amide bonds. The molecule has 0 saturated heterocycles. The second-order valence-corrected chi connectivity index (χ2v) is 3.78. The highest BCUT2D eigenvalue weighted by Gasteiger charge is 2.08. The lowest BCUT2D eigenvalue weighted by atomic mass is 10.1. The predicted octanol–water partition coefficient (Wildman–Crippen LogP) is 2.79. The number of methoxy groups -OCH3 is 1. The third-order valence-electron chi connectivity index (χ3n) is 2.52. The van der Waals surface area contributed by atoms with Crippen LogP contribution in [0.5, 0.6) is 5.75 Å². The molecule has 0 aliphatic carbocycles.